The maximum atomic E-state index is 13.2. The smallest absolute Gasteiger partial charge is 0.234 e. The van der Waals surface area contributed by atoms with Crippen molar-refractivity contribution in [3.8, 4) is 34.0 Å². The zero-order valence-electron chi connectivity index (χ0n) is 19.2. The summed E-state index contributed by atoms with van der Waals surface area (Å²) in [4.78, 5) is 13.2. The van der Waals surface area contributed by atoms with E-state index in [2.05, 4.69) is 25.9 Å². The van der Waals surface area contributed by atoms with E-state index >= 15 is 0 Å². The minimum atomic E-state index is -0.806. The number of nitrogens with zero attached hydrogens (tertiary/aromatic N) is 3. The molecule has 2 N–H and O–H groups in total. The molecule has 0 unspecified atom stereocenters. The molecule has 3 aromatic carbocycles. The largest absolute Gasteiger partial charge is 0.493 e. The average Bonchev–Trinajstić information content (AvgIpc) is 3.38. The van der Waals surface area contributed by atoms with Crippen molar-refractivity contribution in [1.82, 2.24) is 20.6 Å². The Labute approximate surface area is 202 Å². The highest BCUT2D eigenvalue weighted by Gasteiger charge is 2.30. The third-order valence-corrected chi connectivity index (χ3v) is 5.91. The molecule has 0 aliphatic rings. The molecule has 4 aromatic rings. The third kappa shape index (κ3) is 4.58. The number of rotatable bonds is 7. The molecule has 1 aromatic heterocycles. The van der Waals surface area contributed by atoms with Gasteiger partial charge in [0.25, 0.3) is 0 Å². The molecule has 8 nitrogen and oxygen atoms in total. The van der Waals surface area contributed by atoms with Crippen LogP contribution in [0.5, 0.6) is 11.5 Å². The fourth-order valence-corrected chi connectivity index (χ4v) is 3.82. The van der Waals surface area contributed by atoms with Crippen LogP contribution in [0.4, 0.5) is 5.69 Å². The molecule has 0 spiro atoms. The van der Waals surface area contributed by atoms with Gasteiger partial charge in [-0.25, -0.2) is 0 Å². The summed E-state index contributed by atoms with van der Waals surface area (Å²) in [7, 11) is 3.17. The van der Waals surface area contributed by atoms with Crippen molar-refractivity contribution in [1.29, 1.82) is 0 Å². The molecular formula is C25H24ClN5O3. The van der Waals surface area contributed by atoms with Crippen LogP contribution in [0, 0.1) is 0 Å². The van der Waals surface area contributed by atoms with Crippen LogP contribution in [0.25, 0.3) is 22.5 Å². The molecule has 0 saturated heterocycles. The van der Waals surface area contributed by atoms with Crippen LogP contribution in [0.15, 0.2) is 60.7 Å². The van der Waals surface area contributed by atoms with E-state index in [1.807, 2.05) is 62.4 Å². The first-order valence-electron chi connectivity index (χ1n) is 10.5. The Balaban J connectivity index is 1.71. The molecule has 4 rings (SSSR count). The topological polar surface area (TPSA) is 102 Å². The van der Waals surface area contributed by atoms with Crippen molar-refractivity contribution < 1.29 is 14.3 Å². The van der Waals surface area contributed by atoms with Gasteiger partial charge in [0, 0.05) is 16.3 Å². The number of aromatic amines is 1. The maximum Gasteiger partial charge on any atom is 0.234 e. The number of methoxy groups -OCH3 is 2. The van der Waals surface area contributed by atoms with Crippen molar-refractivity contribution >= 4 is 23.2 Å². The Bertz CT molecular complexity index is 1320. The van der Waals surface area contributed by atoms with E-state index < -0.39 is 5.41 Å². The number of benzene rings is 3. The van der Waals surface area contributed by atoms with E-state index in [1.54, 1.807) is 26.4 Å². The van der Waals surface area contributed by atoms with Crippen molar-refractivity contribution in [2.24, 2.45) is 0 Å². The summed E-state index contributed by atoms with van der Waals surface area (Å²) in [5.74, 6) is 1.45. The van der Waals surface area contributed by atoms with Gasteiger partial charge >= 0.3 is 0 Å². The summed E-state index contributed by atoms with van der Waals surface area (Å²) in [5, 5.41) is 18.1. The number of carbonyl (C=O) groups excluding carboxylic acids is 1. The summed E-state index contributed by atoms with van der Waals surface area (Å²) in [5.41, 5.74) is 3.02. The number of amides is 1. The summed E-state index contributed by atoms with van der Waals surface area (Å²) in [6.45, 7) is 3.71. The first kappa shape index (κ1) is 23.3. The Morgan fingerprint density at radius 3 is 2.44 bits per heavy atom. The molecule has 0 atom stereocenters. The van der Waals surface area contributed by atoms with Crippen LogP contribution in [0.1, 0.15) is 19.4 Å². The predicted molar refractivity (Wildman–Crippen MR) is 131 cm³/mol. The summed E-state index contributed by atoms with van der Waals surface area (Å²) < 4.78 is 10.8. The molecule has 174 valence electrons. The van der Waals surface area contributed by atoms with Gasteiger partial charge in [-0.05, 0) is 72.1 Å². The Morgan fingerprint density at radius 2 is 1.76 bits per heavy atom. The van der Waals surface area contributed by atoms with Gasteiger partial charge in [0.1, 0.15) is 0 Å². The van der Waals surface area contributed by atoms with E-state index in [1.165, 1.54) is 0 Å². The van der Waals surface area contributed by atoms with Crippen molar-refractivity contribution in [3.63, 3.8) is 0 Å². The van der Waals surface area contributed by atoms with Crippen LogP contribution < -0.4 is 14.8 Å². The van der Waals surface area contributed by atoms with Crippen LogP contribution in [-0.2, 0) is 10.2 Å². The standard InChI is InChI=1S/C25H24ClN5O3/c1-25(2,16-6-5-7-17(26)13-16)24(32)27-18-9-10-19(20(14-18)23-28-30-31-29-23)15-8-11-21(33-3)22(12-15)34-4/h5-14H,1-4H3,(H,27,32)(H,28,29,30,31). The fourth-order valence-electron chi connectivity index (χ4n) is 3.63. The van der Waals surface area contributed by atoms with E-state index in [4.69, 9.17) is 21.1 Å². The molecule has 0 aliphatic heterocycles. The molecule has 0 bridgehead atoms. The second-order valence-electron chi connectivity index (χ2n) is 8.16. The summed E-state index contributed by atoms with van der Waals surface area (Å²) in [6, 6.07) is 18.5. The van der Waals surface area contributed by atoms with Gasteiger partial charge in [-0.1, -0.05) is 35.9 Å². The third-order valence-electron chi connectivity index (χ3n) is 5.67. The lowest BCUT2D eigenvalue weighted by Crippen LogP contribution is -2.34. The zero-order valence-corrected chi connectivity index (χ0v) is 20.0. The highest BCUT2D eigenvalue weighted by molar-refractivity contribution is 6.30. The number of carbonyl (C=O) groups is 1. The first-order valence-corrected chi connectivity index (χ1v) is 10.9. The van der Waals surface area contributed by atoms with Crippen molar-refractivity contribution in [2.75, 3.05) is 19.5 Å². The fraction of sp³-hybridized carbons (Fsp3) is 0.200. The zero-order chi connectivity index (χ0) is 24.3. The van der Waals surface area contributed by atoms with E-state index in [0.717, 1.165) is 16.7 Å². The minimum absolute atomic E-state index is 0.173. The van der Waals surface area contributed by atoms with Gasteiger partial charge in [0.2, 0.25) is 11.7 Å². The Morgan fingerprint density at radius 1 is 0.971 bits per heavy atom. The number of ether oxygens (including phenoxy) is 2. The van der Waals surface area contributed by atoms with E-state index in [0.29, 0.717) is 33.6 Å². The van der Waals surface area contributed by atoms with Crippen LogP contribution in [0.3, 0.4) is 0 Å². The monoisotopic (exact) mass is 477 g/mol. The number of hydrogen-bond donors (Lipinski definition) is 2. The Hall–Kier alpha value is -3.91. The molecule has 0 aliphatic carbocycles. The van der Waals surface area contributed by atoms with Gasteiger partial charge in [-0.2, -0.15) is 5.21 Å². The normalized spacial score (nSPS) is 11.2. The molecule has 1 heterocycles. The van der Waals surface area contributed by atoms with Crippen molar-refractivity contribution in [3.05, 3.63) is 71.2 Å². The first-order chi connectivity index (χ1) is 16.3. The molecule has 0 saturated carbocycles. The van der Waals surface area contributed by atoms with Gasteiger partial charge in [0.15, 0.2) is 11.5 Å². The highest BCUT2D eigenvalue weighted by atomic mass is 35.5. The van der Waals surface area contributed by atoms with Gasteiger partial charge < -0.3 is 14.8 Å². The number of halogens is 1. The summed E-state index contributed by atoms with van der Waals surface area (Å²) in [6.07, 6.45) is 0. The summed E-state index contributed by atoms with van der Waals surface area (Å²) >= 11 is 6.14. The minimum Gasteiger partial charge on any atom is -0.493 e. The number of nitrogens with one attached hydrogen (secondary N) is 2. The van der Waals surface area contributed by atoms with Crippen LogP contribution >= 0.6 is 11.6 Å². The second-order valence-corrected chi connectivity index (χ2v) is 8.59. The number of tetrazole rings is 1. The highest BCUT2D eigenvalue weighted by Crippen LogP contribution is 2.37. The lowest BCUT2D eigenvalue weighted by molar-refractivity contribution is -0.120. The van der Waals surface area contributed by atoms with Gasteiger partial charge in [-0.3, -0.25) is 4.79 Å². The number of anilines is 1. The predicted octanol–water partition coefficient (Wildman–Crippen LogP) is 5.12. The SMILES string of the molecule is COc1ccc(-c2ccc(NC(=O)C(C)(C)c3cccc(Cl)c3)cc2-c2nn[nH]n2)cc1OC. The quantitative estimate of drug-likeness (QED) is 0.383. The molecule has 34 heavy (non-hydrogen) atoms. The van der Waals surface area contributed by atoms with Crippen molar-refractivity contribution in [2.45, 2.75) is 19.3 Å². The Kier molecular flexibility index (Phi) is 6.51. The molecular weight excluding hydrogens is 454 g/mol. The van der Waals surface area contributed by atoms with Crippen LogP contribution in [-0.4, -0.2) is 40.8 Å². The molecule has 0 radical (unpaired) electrons. The number of H-pyrrole nitrogens is 1. The number of aromatic nitrogens is 4. The number of hydrogen-bond acceptors (Lipinski definition) is 6. The molecule has 0 fully saturated rings. The van der Waals surface area contributed by atoms with Crippen LogP contribution in [0.2, 0.25) is 5.02 Å². The van der Waals surface area contributed by atoms with Gasteiger partial charge in [0.05, 0.1) is 19.6 Å². The van der Waals surface area contributed by atoms with E-state index in [-0.39, 0.29) is 5.91 Å². The molecule has 9 heteroatoms. The average molecular weight is 478 g/mol. The maximum absolute atomic E-state index is 13.2. The van der Waals surface area contributed by atoms with E-state index in [9.17, 15) is 4.79 Å². The lowest BCUT2D eigenvalue weighted by Gasteiger charge is -2.24. The van der Waals surface area contributed by atoms with Gasteiger partial charge in [-0.15, -0.1) is 10.2 Å². The lowest BCUT2D eigenvalue weighted by atomic mass is 9.83. The molecule has 1 amide bonds. The second kappa shape index (κ2) is 9.52.